The average Bonchev–Trinajstić information content (AvgIpc) is 2.51. The van der Waals surface area contributed by atoms with Crippen molar-refractivity contribution in [1.82, 2.24) is 10.2 Å². The van der Waals surface area contributed by atoms with Gasteiger partial charge in [-0.3, -0.25) is 9.59 Å². The normalized spacial score (nSPS) is 11.3. The van der Waals surface area contributed by atoms with Crippen molar-refractivity contribution in [2.75, 3.05) is 19.7 Å². The third-order valence-corrected chi connectivity index (χ3v) is 3.32. The maximum Gasteiger partial charge on any atom is 0.258 e. The van der Waals surface area contributed by atoms with Gasteiger partial charge < -0.3 is 15.0 Å². The number of benzene rings is 1. The first-order chi connectivity index (χ1) is 11.4. The summed E-state index contributed by atoms with van der Waals surface area (Å²) in [5, 5.41) is 2.65. The zero-order valence-electron chi connectivity index (χ0n) is 14.7. The first-order valence-electron chi connectivity index (χ1n) is 7.88. The summed E-state index contributed by atoms with van der Waals surface area (Å²) >= 11 is 0. The Morgan fingerprint density at radius 3 is 2.21 bits per heavy atom. The van der Waals surface area contributed by atoms with Crippen molar-refractivity contribution >= 4 is 11.8 Å². The van der Waals surface area contributed by atoms with E-state index in [9.17, 15) is 9.59 Å². The van der Waals surface area contributed by atoms with E-state index in [1.165, 1.54) is 0 Å². The quantitative estimate of drug-likeness (QED) is 0.707. The number of amides is 2. The molecule has 0 saturated carbocycles. The topological polar surface area (TPSA) is 58.6 Å². The van der Waals surface area contributed by atoms with Crippen LogP contribution in [0.2, 0.25) is 0 Å². The van der Waals surface area contributed by atoms with E-state index in [1.807, 2.05) is 32.0 Å². The number of carbonyl (C=O) groups excluding carboxylic acids is 2. The number of hydrogen-bond donors (Lipinski definition) is 1. The van der Waals surface area contributed by atoms with Crippen molar-refractivity contribution in [3.05, 3.63) is 54.6 Å². The summed E-state index contributed by atoms with van der Waals surface area (Å²) in [7, 11) is 0. The van der Waals surface area contributed by atoms with Gasteiger partial charge in [0, 0.05) is 13.1 Å². The predicted octanol–water partition coefficient (Wildman–Crippen LogP) is 2.39. The molecule has 0 aliphatic carbocycles. The van der Waals surface area contributed by atoms with E-state index in [0.717, 1.165) is 11.1 Å². The number of nitrogens with zero attached hydrogens (tertiary/aromatic N) is 1. The SMILES string of the molecule is C=CCN(CC=C)C(=O)C(C)NC(=O)COc1cc(C)cc(C)c1. The first kappa shape index (κ1) is 19.5. The second kappa shape index (κ2) is 9.55. The molecular formula is C19H26N2O3. The Hall–Kier alpha value is -2.56. The van der Waals surface area contributed by atoms with Crippen LogP contribution in [0.1, 0.15) is 18.1 Å². The van der Waals surface area contributed by atoms with E-state index in [1.54, 1.807) is 24.0 Å². The molecule has 24 heavy (non-hydrogen) atoms. The highest BCUT2D eigenvalue weighted by Crippen LogP contribution is 2.15. The van der Waals surface area contributed by atoms with Gasteiger partial charge in [0.2, 0.25) is 5.91 Å². The van der Waals surface area contributed by atoms with Crippen LogP contribution in [0, 0.1) is 13.8 Å². The van der Waals surface area contributed by atoms with Crippen LogP contribution >= 0.6 is 0 Å². The molecule has 1 N–H and O–H groups in total. The second-order valence-electron chi connectivity index (χ2n) is 5.72. The highest BCUT2D eigenvalue weighted by molar-refractivity contribution is 5.88. The van der Waals surface area contributed by atoms with E-state index in [2.05, 4.69) is 18.5 Å². The van der Waals surface area contributed by atoms with Crippen LogP contribution in [0.5, 0.6) is 5.75 Å². The Morgan fingerprint density at radius 2 is 1.71 bits per heavy atom. The number of ether oxygens (including phenoxy) is 1. The number of rotatable bonds is 9. The van der Waals surface area contributed by atoms with Crippen LogP contribution in [0.4, 0.5) is 0 Å². The van der Waals surface area contributed by atoms with Crippen molar-refractivity contribution < 1.29 is 14.3 Å². The number of aryl methyl sites for hydroxylation is 2. The fourth-order valence-electron chi connectivity index (χ4n) is 2.35. The Kier molecular flexibility index (Phi) is 7.75. The van der Waals surface area contributed by atoms with Gasteiger partial charge in [-0.25, -0.2) is 0 Å². The standard InChI is InChI=1S/C19H26N2O3/c1-6-8-21(9-7-2)19(23)16(5)20-18(22)13-24-17-11-14(3)10-15(4)12-17/h6-7,10-12,16H,1-2,8-9,13H2,3-5H3,(H,20,22). The lowest BCUT2D eigenvalue weighted by Gasteiger charge is -2.23. The zero-order chi connectivity index (χ0) is 18.1. The molecule has 130 valence electrons. The van der Waals surface area contributed by atoms with Gasteiger partial charge in [0.25, 0.3) is 5.91 Å². The van der Waals surface area contributed by atoms with Crippen LogP contribution in [0.15, 0.2) is 43.5 Å². The molecule has 0 radical (unpaired) electrons. The molecule has 2 amide bonds. The van der Waals surface area contributed by atoms with Crippen LogP contribution in [0.25, 0.3) is 0 Å². The van der Waals surface area contributed by atoms with Crippen molar-refractivity contribution in [3.63, 3.8) is 0 Å². The molecule has 1 aromatic carbocycles. The van der Waals surface area contributed by atoms with Gasteiger partial charge in [0.15, 0.2) is 6.61 Å². The van der Waals surface area contributed by atoms with Gasteiger partial charge in [-0.2, -0.15) is 0 Å². The highest BCUT2D eigenvalue weighted by Gasteiger charge is 2.20. The fourth-order valence-corrected chi connectivity index (χ4v) is 2.35. The fraction of sp³-hybridized carbons (Fsp3) is 0.368. The third kappa shape index (κ3) is 6.28. The first-order valence-corrected chi connectivity index (χ1v) is 7.88. The molecule has 0 aromatic heterocycles. The smallest absolute Gasteiger partial charge is 0.258 e. The van der Waals surface area contributed by atoms with Crippen molar-refractivity contribution in [3.8, 4) is 5.75 Å². The number of hydrogen-bond acceptors (Lipinski definition) is 3. The monoisotopic (exact) mass is 330 g/mol. The molecule has 0 bridgehead atoms. The van der Waals surface area contributed by atoms with E-state index in [0.29, 0.717) is 18.8 Å². The zero-order valence-corrected chi connectivity index (χ0v) is 14.7. The lowest BCUT2D eigenvalue weighted by Crippen LogP contribution is -2.48. The molecule has 1 atom stereocenters. The molecule has 1 aromatic rings. The molecule has 0 saturated heterocycles. The highest BCUT2D eigenvalue weighted by atomic mass is 16.5. The Bertz CT molecular complexity index is 580. The summed E-state index contributed by atoms with van der Waals surface area (Å²) < 4.78 is 5.50. The minimum absolute atomic E-state index is 0.135. The largest absolute Gasteiger partial charge is 0.484 e. The van der Waals surface area contributed by atoms with Gasteiger partial charge >= 0.3 is 0 Å². The summed E-state index contributed by atoms with van der Waals surface area (Å²) in [6.45, 7) is 13.5. The molecule has 5 nitrogen and oxygen atoms in total. The van der Waals surface area contributed by atoms with Gasteiger partial charge in [-0.05, 0) is 44.0 Å². The van der Waals surface area contributed by atoms with Crippen molar-refractivity contribution in [1.29, 1.82) is 0 Å². The van der Waals surface area contributed by atoms with E-state index >= 15 is 0 Å². The van der Waals surface area contributed by atoms with Crippen LogP contribution in [-0.4, -0.2) is 42.5 Å². The number of nitrogens with one attached hydrogen (secondary N) is 1. The maximum atomic E-state index is 12.3. The Morgan fingerprint density at radius 1 is 1.17 bits per heavy atom. The molecule has 0 aliphatic rings. The Labute approximate surface area is 144 Å². The van der Waals surface area contributed by atoms with Gasteiger partial charge in [-0.15, -0.1) is 13.2 Å². The van der Waals surface area contributed by atoms with Gasteiger partial charge in [0.05, 0.1) is 0 Å². The third-order valence-electron chi connectivity index (χ3n) is 3.32. The average molecular weight is 330 g/mol. The summed E-state index contributed by atoms with van der Waals surface area (Å²) in [5.41, 5.74) is 2.14. The van der Waals surface area contributed by atoms with E-state index in [4.69, 9.17) is 4.74 Å². The number of carbonyl (C=O) groups is 2. The van der Waals surface area contributed by atoms with Crippen molar-refractivity contribution in [2.45, 2.75) is 26.8 Å². The molecule has 0 heterocycles. The molecule has 0 aliphatic heterocycles. The lowest BCUT2D eigenvalue weighted by atomic mass is 10.1. The van der Waals surface area contributed by atoms with Crippen LogP contribution in [0.3, 0.4) is 0 Å². The maximum absolute atomic E-state index is 12.3. The molecule has 1 rings (SSSR count). The van der Waals surface area contributed by atoms with Crippen LogP contribution < -0.4 is 10.1 Å². The van der Waals surface area contributed by atoms with E-state index in [-0.39, 0.29) is 18.4 Å². The summed E-state index contributed by atoms with van der Waals surface area (Å²) in [5.74, 6) is 0.114. The Balaban J connectivity index is 2.55. The van der Waals surface area contributed by atoms with Gasteiger partial charge in [0.1, 0.15) is 11.8 Å². The molecular weight excluding hydrogens is 304 g/mol. The molecule has 1 unspecified atom stereocenters. The molecule has 5 heteroatoms. The summed E-state index contributed by atoms with van der Waals surface area (Å²) in [4.78, 5) is 25.9. The molecule has 0 fully saturated rings. The summed E-state index contributed by atoms with van der Waals surface area (Å²) in [6.07, 6.45) is 3.28. The lowest BCUT2D eigenvalue weighted by molar-refractivity contribution is -0.135. The summed E-state index contributed by atoms with van der Waals surface area (Å²) in [6, 6.07) is 5.12. The van der Waals surface area contributed by atoms with Crippen molar-refractivity contribution in [2.24, 2.45) is 0 Å². The predicted molar refractivity (Wildman–Crippen MR) is 96.0 cm³/mol. The van der Waals surface area contributed by atoms with Gasteiger partial charge in [-0.1, -0.05) is 18.2 Å². The van der Waals surface area contributed by atoms with Crippen LogP contribution in [-0.2, 0) is 9.59 Å². The minimum Gasteiger partial charge on any atom is -0.484 e. The minimum atomic E-state index is -0.639. The second-order valence-corrected chi connectivity index (χ2v) is 5.72. The molecule has 0 spiro atoms. The van der Waals surface area contributed by atoms with E-state index < -0.39 is 6.04 Å².